The number of sulfone groups is 1. The molecule has 7 heteroatoms. The number of carbonyl (C=O) groups excluding carboxylic acids is 1. The van der Waals surface area contributed by atoms with Gasteiger partial charge in [0.2, 0.25) is 0 Å². The number of benzene rings is 1. The maximum atomic E-state index is 12.1. The van der Waals surface area contributed by atoms with Gasteiger partial charge in [-0.1, -0.05) is 37.7 Å². The molecule has 24 heavy (non-hydrogen) atoms. The van der Waals surface area contributed by atoms with Crippen molar-refractivity contribution < 1.29 is 13.2 Å². The van der Waals surface area contributed by atoms with Gasteiger partial charge in [-0.25, -0.2) is 8.42 Å². The summed E-state index contributed by atoms with van der Waals surface area (Å²) in [5.74, 6) is -0.0794. The van der Waals surface area contributed by atoms with Crippen molar-refractivity contribution in [3.63, 3.8) is 0 Å². The van der Waals surface area contributed by atoms with Crippen LogP contribution in [0.4, 0.5) is 5.69 Å². The minimum atomic E-state index is -3.04. The Balaban J connectivity index is 2.08. The first-order valence-corrected chi connectivity index (χ1v) is 10.7. The number of aryl methyl sites for hydroxylation is 2. The third kappa shape index (κ3) is 3.24. The Bertz CT molecular complexity index is 815. The smallest absolute Gasteiger partial charge is 0.250 e. The molecule has 2 fully saturated rings. The third-order valence-corrected chi connectivity index (χ3v) is 7.60. The second-order valence-corrected chi connectivity index (χ2v) is 10.2. The molecular formula is C17H22N2O3S2. The number of rotatable bonds is 2. The molecule has 0 N–H and O–H groups in total. The number of carbonyl (C=O) groups is 1. The van der Waals surface area contributed by atoms with Crippen LogP contribution in [0.25, 0.3) is 0 Å². The molecule has 0 aliphatic carbocycles. The average molecular weight is 367 g/mol. The first-order valence-electron chi connectivity index (χ1n) is 8.04. The lowest BCUT2D eigenvalue weighted by atomic mass is 10.1. The summed E-state index contributed by atoms with van der Waals surface area (Å²) >= 11 is 1.42. The van der Waals surface area contributed by atoms with E-state index in [0.29, 0.717) is 5.17 Å². The van der Waals surface area contributed by atoms with Crippen molar-refractivity contribution in [2.24, 2.45) is 10.9 Å². The van der Waals surface area contributed by atoms with Crippen LogP contribution in [0.3, 0.4) is 0 Å². The molecule has 1 aromatic rings. The molecule has 2 aliphatic rings. The van der Waals surface area contributed by atoms with E-state index in [2.05, 4.69) is 4.99 Å². The summed E-state index contributed by atoms with van der Waals surface area (Å²) in [7, 11) is -3.04. The van der Waals surface area contributed by atoms with E-state index in [1.807, 2.05) is 50.8 Å². The molecule has 0 radical (unpaired) electrons. The molecule has 3 rings (SSSR count). The zero-order chi connectivity index (χ0) is 17.6. The molecular weight excluding hydrogens is 344 g/mol. The highest BCUT2D eigenvalue weighted by Crippen LogP contribution is 2.42. The van der Waals surface area contributed by atoms with Crippen LogP contribution in [0.2, 0.25) is 0 Å². The minimum absolute atomic E-state index is 0.0615. The Morgan fingerprint density at radius 2 is 2.00 bits per heavy atom. The van der Waals surface area contributed by atoms with Gasteiger partial charge in [0.15, 0.2) is 15.0 Å². The van der Waals surface area contributed by atoms with Crippen molar-refractivity contribution in [2.45, 2.75) is 39.0 Å². The predicted molar refractivity (Wildman–Crippen MR) is 99.5 cm³/mol. The standard InChI is InChI=1S/C17H22N2O3S2/c1-10(2)16(20)18-17-19(13-7-11(3)5-6-12(13)4)14-8-24(21,22)9-15(14)23-17/h5-7,10,14-15H,8-9H2,1-4H3/t14-,15+/m1/s1. The highest BCUT2D eigenvalue weighted by atomic mass is 32.2. The zero-order valence-corrected chi connectivity index (χ0v) is 15.9. The SMILES string of the molecule is Cc1ccc(C)c(N2C(=NC(=O)C(C)C)S[C@H]3CS(=O)(=O)C[C@H]32)c1. The molecule has 0 bridgehead atoms. The Morgan fingerprint density at radius 3 is 2.67 bits per heavy atom. The second kappa shape index (κ2) is 6.19. The van der Waals surface area contributed by atoms with Crippen molar-refractivity contribution in [1.82, 2.24) is 0 Å². The van der Waals surface area contributed by atoms with Gasteiger partial charge >= 0.3 is 0 Å². The predicted octanol–water partition coefficient (Wildman–Crippen LogP) is 2.56. The van der Waals surface area contributed by atoms with E-state index in [1.165, 1.54) is 11.8 Å². The molecule has 0 spiro atoms. The van der Waals surface area contributed by atoms with Crippen molar-refractivity contribution in [2.75, 3.05) is 16.4 Å². The van der Waals surface area contributed by atoms with Gasteiger partial charge in [0, 0.05) is 16.9 Å². The number of nitrogens with zero attached hydrogens (tertiary/aromatic N) is 2. The molecule has 2 atom stereocenters. The number of thioether (sulfide) groups is 1. The lowest BCUT2D eigenvalue weighted by Gasteiger charge is -2.26. The van der Waals surface area contributed by atoms with Crippen molar-refractivity contribution in [3.8, 4) is 0 Å². The molecule has 130 valence electrons. The van der Waals surface area contributed by atoms with E-state index in [-0.39, 0.29) is 34.6 Å². The van der Waals surface area contributed by atoms with Gasteiger partial charge in [-0.05, 0) is 31.0 Å². The Morgan fingerprint density at radius 1 is 1.29 bits per heavy atom. The lowest BCUT2D eigenvalue weighted by molar-refractivity contribution is -0.120. The molecule has 2 aliphatic heterocycles. The topological polar surface area (TPSA) is 66.8 Å². The molecule has 1 amide bonds. The summed E-state index contributed by atoms with van der Waals surface area (Å²) < 4.78 is 24.1. The van der Waals surface area contributed by atoms with Crippen LogP contribution in [0.1, 0.15) is 25.0 Å². The van der Waals surface area contributed by atoms with E-state index >= 15 is 0 Å². The van der Waals surface area contributed by atoms with Crippen LogP contribution in [-0.2, 0) is 14.6 Å². The Hall–Kier alpha value is -1.34. The Kier molecular flexibility index (Phi) is 4.51. The van der Waals surface area contributed by atoms with Crippen LogP contribution in [-0.4, -0.2) is 42.3 Å². The fraction of sp³-hybridized carbons (Fsp3) is 0.529. The second-order valence-electron chi connectivity index (χ2n) is 6.85. The number of hydrogen-bond donors (Lipinski definition) is 0. The minimum Gasteiger partial charge on any atom is -0.315 e. The molecule has 0 saturated carbocycles. The number of fused-ring (bicyclic) bond motifs is 1. The van der Waals surface area contributed by atoms with Gasteiger partial charge in [-0.15, -0.1) is 0 Å². The van der Waals surface area contributed by atoms with Crippen LogP contribution < -0.4 is 4.90 Å². The van der Waals surface area contributed by atoms with Crippen LogP contribution in [0.5, 0.6) is 0 Å². The monoisotopic (exact) mass is 366 g/mol. The first kappa shape index (κ1) is 17.5. The van der Waals surface area contributed by atoms with Gasteiger partial charge in [-0.2, -0.15) is 4.99 Å². The number of aliphatic imine (C=N–C) groups is 1. The molecule has 1 aromatic carbocycles. The summed E-state index contributed by atoms with van der Waals surface area (Å²) in [4.78, 5) is 18.4. The summed E-state index contributed by atoms with van der Waals surface area (Å²) in [6.07, 6.45) is 0. The summed E-state index contributed by atoms with van der Waals surface area (Å²) in [5, 5.41) is 0.570. The highest BCUT2D eigenvalue weighted by Gasteiger charge is 2.49. The van der Waals surface area contributed by atoms with Crippen LogP contribution in [0, 0.1) is 19.8 Å². The zero-order valence-electron chi connectivity index (χ0n) is 14.3. The Labute approximate surface area is 147 Å². The van der Waals surface area contributed by atoms with Gasteiger partial charge in [0.1, 0.15) is 0 Å². The summed E-state index contributed by atoms with van der Waals surface area (Å²) in [6.45, 7) is 7.64. The maximum absolute atomic E-state index is 12.1. The average Bonchev–Trinajstić information content (AvgIpc) is 2.92. The lowest BCUT2D eigenvalue weighted by Crippen LogP contribution is -2.38. The number of anilines is 1. The van der Waals surface area contributed by atoms with Gasteiger partial charge in [0.05, 0.1) is 17.5 Å². The van der Waals surface area contributed by atoms with E-state index in [9.17, 15) is 13.2 Å². The highest BCUT2D eigenvalue weighted by molar-refractivity contribution is 8.16. The molecule has 0 unspecified atom stereocenters. The van der Waals surface area contributed by atoms with E-state index in [1.54, 1.807) is 0 Å². The van der Waals surface area contributed by atoms with E-state index in [4.69, 9.17) is 0 Å². The summed E-state index contributed by atoms with van der Waals surface area (Å²) in [5.41, 5.74) is 3.10. The van der Waals surface area contributed by atoms with Gasteiger partial charge in [-0.3, -0.25) is 4.79 Å². The molecule has 5 nitrogen and oxygen atoms in total. The first-order chi connectivity index (χ1) is 11.2. The summed E-state index contributed by atoms with van der Waals surface area (Å²) in [6, 6.07) is 5.94. The van der Waals surface area contributed by atoms with Gasteiger partial charge < -0.3 is 4.90 Å². The van der Waals surface area contributed by atoms with E-state index in [0.717, 1.165) is 16.8 Å². The third-order valence-electron chi connectivity index (χ3n) is 4.39. The fourth-order valence-electron chi connectivity index (χ4n) is 3.05. The number of amides is 1. The normalized spacial score (nSPS) is 27.0. The number of amidine groups is 1. The fourth-order valence-corrected chi connectivity index (χ4v) is 6.96. The van der Waals surface area contributed by atoms with Crippen LogP contribution >= 0.6 is 11.8 Å². The van der Waals surface area contributed by atoms with Gasteiger partial charge in [0.25, 0.3) is 5.91 Å². The molecule has 2 heterocycles. The molecule has 0 aromatic heterocycles. The molecule has 2 saturated heterocycles. The van der Waals surface area contributed by atoms with Crippen LogP contribution in [0.15, 0.2) is 23.2 Å². The maximum Gasteiger partial charge on any atom is 0.250 e. The largest absolute Gasteiger partial charge is 0.315 e. The van der Waals surface area contributed by atoms with Crippen molar-refractivity contribution in [1.29, 1.82) is 0 Å². The van der Waals surface area contributed by atoms with Crippen molar-refractivity contribution in [3.05, 3.63) is 29.3 Å². The van der Waals surface area contributed by atoms with Crippen molar-refractivity contribution >= 4 is 38.4 Å². The van der Waals surface area contributed by atoms with E-state index < -0.39 is 9.84 Å². The quantitative estimate of drug-likeness (QED) is 0.805. The number of hydrogen-bond acceptors (Lipinski definition) is 4.